The van der Waals surface area contributed by atoms with Crippen molar-refractivity contribution in [2.24, 2.45) is 0 Å². The predicted molar refractivity (Wildman–Crippen MR) is 58.0 cm³/mol. The van der Waals surface area contributed by atoms with Crippen LogP contribution in [-0.2, 0) is 0 Å². The molecule has 0 spiro atoms. The normalized spacial score (nSPS) is 10.5. The maximum atomic E-state index is 4.45. The molecule has 0 heterocycles. The number of thiol groups is 1. The second-order valence-electron chi connectivity index (χ2n) is 3.22. The van der Waals surface area contributed by atoms with Crippen LogP contribution in [0.2, 0.25) is 0 Å². The number of rotatable bonds is 0. The van der Waals surface area contributed by atoms with E-state index in [1.807, 2.05) is 0 Å². The zero-order valence-corrected chi connectivity index (χ0v) is 9.84. The Kier molecular flexibility index (Phi) is 2.69. The molecule has 0 aliphatic carbocycles. The van der Waals surface area contributed by atoms with Crippen molar-refractivity contribution in [3.8, 4) is 0 Å². The second kappa shape index (κ2) is 3.27. The molecule has 1 rings (SSSR count). The Morgan fingerprint density at radius 2 is 1.25 bits per heavy atom. The van der Waals surface area contributed by atoms with Gasteiger partial charge >= 0.3 is 0 Å². The number of benzene rings is 1. The van der Waals surface area contributed by atoms with Gasteiger partial charge in [0.25, 0.3) is 0 Å². The van der Waals surface area contributed by atoms with Gasteiger partial charge in [0.2, 0.25) is 0 Å². The average molecular weight is 193 g/mol. The van der Waals surface area contributed by atoms with Crippen molar-refractivity contribution in [2.45, 2.75) is 32.6 Å². The van der Waals surface area contributed by atoms with E-state index >= 15 is 0 Å². The van der Waals surface area contributed by atoms with Gasteiger partial charge in [0.1, 0.15) is 0 Å². The van der Waals surface area contributed by atoms with Gasteiger partial charge < -0.3 is 0 Å². The quantitative estimate of drug-likeness (QED) is 0.473. The second-order valence-corrected chi connectivity index (χ2v) is 4.17. The van der Waals surface area contributed by atoms with E-state index in [2.05, 4.69) is 50.6 Å². The molecule has 0 amide bonds. The smallest absolute Gasteiger partial charge is 0.0731 e. The van der Waals surface area contributed by atoms with Crippen LogP contribution in [0.15, 0.2) is 4.90 Å². The van der Waals surface area contributed by atoms with Crippen LogP contribution in [0.5, 0.6) is 0 Å². The van der Waals surface area contributed by atoms with Gasteiger partial charge in [-0.3, -0.25) is 0 Å². The van der Waals surface area contributed by atoms with Gasteiger partial charge in [-0.1, -0.05) is 5.19 Å². The molecular formula is C10H13SSi. The third-order valence-electron chi connectivity index (χ3n) is 2.65. The fraction of sp³-hybridized carbons (Fsp3) is 0.400. The molecule has 0 fully saturated rings. The monoisotopic (exact) mass is 193 g/mol. The molecule has 0 saturated carbocycles. The highest BCUT2D eigenvalue weighted by Gasteiger charge is 2.08. The molecule has 0 aliphatic heterocycles. The molecule has 0 N–H and O–H groups in total. The van der Waals surface area contributed by atoms with Crippen LogP contribution in [0, 0.1) is 27.7 Å². The molecule has 2 heteroatoms. The molecule has 0 unspecified atom stereocenters. The first kappa shape index (κ1) is 9.87. The molecule has 0 saturated heterocycles. The zero-order valence-electron chi connectivity index (χ0n) is 7.95. The molecule has 0 aliphatic rings. The minimum atomic E-state index is 1.06. The van der Waals surface area contributed by atoms with Gasteiger partial charge in [0.15, 0.2) is 0 Å². The van der Waals surface area contributed by atoms with Gasteiger partial charge in [-0.25, -0.2) is 0 Å². The molecule has 0 bridgehead atoms. The van der Waals surface area contributed by atoms with Gasteiger partial charge in [-0.2, -0.15) is 0 Å². The first-order valence-corrected chi connectivity index (χ1v) is 4.92. The summed E-state index contributed by atoms with van der Waals surface area (Å²) in [6.45, 7) is 8.51. The van der Waals surface area contributed by atoms with Crippen LogP contribution in [-0.4, -0.2) is 10.2 Å². The Bertz CT molecular complexity index is 224. The summed E-state index contributed by atoms with van der Waals surface area (Å²) in [5.74, 6) is 0. The lowest BCUT2D eigenvalue weighted by molar-refractivity contribution is 1.17. The van der Waals surface area contributed by atoms with E-state index in [-0.39, 0.29) is 0 Å². The fourth-order valence-electron chi connectivity index (χ4n) is 1.29. The molecule has 0 nitrogen and oxygen atoms in total. The van der Waals surface area contributed by atoms with Crippen molar-refractivity contribution in [1.29, 1.82) is 0 Å². The van der Waals surface area contributed by atoms with Crippen molar-refractivity contribution >= 4 is 28.1 Å². The molecule has 0 atom stereocenters. The van der Waals surface area contributed by atoms with E-state index in [0.29, 0.717) is 0 Å². The summed E-state index contributed by atoms with van der Waals surface area (Å²) in [6, 6.07) is 0. The lowest BCUT2D eigenvalue weighted by atomic mass is 9.99. The zero-order chi connectivity index (χ0) is 9.46. The first-order chi connectivity index (χ1) is 5.46. The molecular weight excluding hydrogens is 180 g/mol. The van der Waals surface area contributed by atoms with Gasteiger partial charge in [-0.05, 0) is 49.9 Å². The van der Waals surface area contributed by atoms with Gasteiger partial charge in [0.05, 0.1) is 10.2 Å². The Morgan fingerprint density at radius 3 is 1.75 bits per heavy atom. The highest BCUT2D eigenvalue weighted by atomic mass is 32.1. The molecule has 63 valence electrons. The molecule has 0 aromatic heterocycles. The highest BCUT2D eigenvalue weighted by Crippen LogP contribution is 2.20. The number of hydrogen-bond acceptors (Lipinski definition) is 1. The SMILES string of the molecule is Cc1c(C)c(C)c(S)c([Si])c1C. The van der Waals surface area contributed by atoms with Crippen molar-refractivity contribution < 1.29 is 0 Å². The van der Waals surface area contributed by atoms with Crippen molar-refractivity contribution in [1.82, 2.24) is 0 Å². The summed E-state index contributed by atoms with van der Waals surface area (Å²) in [6.07, 6.45) is 0. The molecule has 3 radical (unpaired) electrons. The minimum absolute atomic E-state index is 1.06. The topological polar surface area (TPSA) is 0 Å². The summed E-state index contributed by atoms with van der Waals surface area (Å²) in [5, 5.41) is 1.12. The van der Waals surface area contributed by atoms with Gasteiger partial charge in [-0.15, -0.1) is 12.6 Å². The standard InChI is InChI=1S/C10H13SSi/c1-5-6(2)8(4)10(12)9(11)7(5)3/h11H,1-4H3. The summed E-state index contributed by atoms with van der Waals surface area (Å²) in [5.41, 5.74) is 5.26. The fourth-order valence-corrected chi connectivity index (χ4v) is 2.00. The Labute approximate surface area is 83.2 Å². The first-order valence-electron chi connectivity index (χ1n) is 3.97. The van der Waals surface area contributed by atoms with E-state index in [0.717, 1.165) is 10.1 Å². The molecule has 12 heavy (non-hydrogen) atoms. The Hall–Kier alpha value is -0.213. The molecule has 1 aromatic rings. The largest absolute Gasteiger partial charge is 0.143 e. The summed E-state index contributed by atoms with van der Waals surface area (Å²) in [4.78, 5) is 1.06. The Morgan fingerprint density at radius 1 is 0.833 bits per heavy atom. The van der Waals surface area contributed by atoms with Crippen LogP contribution in [0.3, 0.4) is 0 Å². The average Bonchev–Trinajstić information content (AvgIpc) is 2.08. The maximum Gasteiger partial charge on any atom is 0.0731 e. The van der Waals surface area contributed by atoms with E-state index in [1.165, 1.54) is 22.3 Å². The minimum Gasteiger partial charge on any atom is -0.143 e. The summed E-state index contributed by atoms with van der Waals surface area (Å²) < 4.78 is 0. The van der Waals surface area contributed by atoms with Crippen molar-refractivity contribution in [3.63, 3.8) is 0 Å². The summed E-state index contributed by atoms with van der Waals surface area (Å²) >= 11 is 4.45. The maximum absolute atomic E-state index is 4.45. The van der Waals surface area contributed by atoms with E-state index in [1.54, 1.807) is 0 Å². The van der Waals surface area contributed by atoms with Gasteiger partial charge in [0, 0.05) is 4.90 Å². The molecule has 1 aromatic carbocycles. The van der Waals surface area contributed by atoms with Crippen LogP contribution >= 0.6 is 12.6 Å². The van der Waals surface area contributed by atoms with E-state index in [4.69, 9.17) is 0 Å². The number of hydrogen-bond donors (Lipinski definition) is 1. The van der Waals surface area contributed by atoms with E-state index in [9.17, 15) is 0 Å². The Balaban J connectivity index is 3.60. The van der Waals surface area contributed by atoms with Crippen LogP contribution < -0.4 is 5.19 Å². The third-order valence-corrected chi connectivity index (χ3v) is 4.05. The van der Waals surface area contributed by atoms with Crippen LogP contribution in [0.4, 0.5) is 0 Å². The summed E-state index contributed by atoms with van der Waals surface area (Å²) in [7, 11) is 3.59. The van der Waals surface area contributed by atoms with Crippen LogP contribution in [0.25, 0.3) is 0 Å². The third kappa shape index (κ3) is 1.34. The van der Waals surface area contributed by atoms with Crippen molar-refractivity contribution in [2.75, 3.05) is 0 Å². The van der Waals surface area contributed by atoms with Crippen molar-refractivity contribution in [3.05, 3.63) is 22.3 Å². The predicted octanol–water partition coefficient (Wildman–Crippen LogP) is 2.00. The van der Waals surface area contributed by atoms with Crippen LogP contribution in [0.1, 0.15) is 22.3 Å². The lowest BCUT2D eigenvalue weighted by Gasteiger charge is -2.14. The lowest BCUT2D eigenvalue weighted by Crippen LogP contribution is -2.14. The van der Waals surface area contributed by atoms with E-state index < -0.39 is 0 Å². The highest BCUT2D eigenvalue weighted by molar-refractivity contribution is 7.80.